The van der Waals surface area contributed by atoms with E-state index in [9.17, 15) is 0 Å². The molecule has 12 rings (SSSR count). The Hall–Kier alpha value is -7.22. The number of nitrogens with zero attached hydrogens (tertiary/aromatic N) is 1. The molecule has 0 radical (unpaired) electrons. The van der Waals surface area contributed by atoms with Crippen LogP contribution in [0.4, 0.5) is 17.1 Å². The van der Waals surface area contributed by atoms with E-state index in [1.165, 1.54) is 94.6 Å². The third-order valence-electron chi connectivity index (χ3n) is 15.1. The van der Waals surface area contributed by atoms with Crippen molar-refractivity contribution in [3.63, 3.8) is 0 Å². The molecular formula is C64H53N. The van der Waals surface area contributed by atoms with Gasteiger partial charge in [0.15, 0.2) is 0 Å². The van der Waals surface area contributed by atoms with Crippen LogP contribution in [0.1, 0.15) is 80.0 Å². The van der Waals surface area contributed by atoms with Crippen molar-refractivity contribution < 1.29 is 0 Å². The first-order chi connectivity index (χ1) is 31.6. The number of hydrogen-bond acceptors (Lipinski definition) is 1. The molecule has 0 heterocycles. The van der Waals surface area contributed by atoms with Crippen molar-refractivity contribution in [1.29, 1.82) is 0 Å². The van der Waals surface area contributed by atoms with Gasteiger partial charge in [-0.3, -0.25) is 0 Å². The highest BCUT2D eigenvalue weighted by Crippen LogP contribution is 2.60. The number of rotatable bonds is 6. The van der Waals surface area contributed by atoms with Gasteiger partial charge < -0.3 is 4.90 Å². The van der Waals surface area contributed by atoms with Gasteiger partial charge in [-0.1, -0.05) is 211 Å². The second-order valence-corrected chi connectivity index (χ2v) is 20.0. The molecule has 1 atom stereocenters. The van der Waals surface area contributed by atoms with Crippen molar-refractivity contribution >= 4 is 17.1 Å². The lowest BCUT2D eigenvalue weighted by Gasteiger charge is -2.32. The number of hydrogen-bond donors (Lipinski definition) is 0. The van der Waals surface area contributed by atoms with E-state index in [2.05, 4.69) is 246 Å². The molecule has 0 saturated heterocycles. The molecule has 1 unspecified atom stereocenters. The van der Waals surface area contributed by atoms with Gasteiger partial charge in [0.25, 0.3) is 0 Å². The Morgan fingerprint density at radius 3 is 1.63 bits per heavy atom. The molecule has 0 saturated carbocycles. The maximum Gasteiger partial charge on any atom is 0.0540 e. The summed E-state index contributed by atoms with van der Waals surface area (Å²) in [6, 6.07) is 77.9. The van der Waals surface area contributed by atoms with Gasteiger partial charge in [0.05, 0.1) is 5.69 Å². The largest absolute Gasteiger partial charge is 0.310 e. The minimum atomic E-state index is -0.187. The monoisotopic (exact) mass is 835 g/mol. The summed E-state index contributed by atoms with van der Waals surface area (Å²) < 4.78 is 0. The van der Waals surface area contributed by atoms with Crippen molar-refractivity contribution in [2.75, 3.05) is 4.90 Å². The molecule has 0 amide bonds. The molecule has 0 N–H and O–H groups in total. The van der Waals surface area contributed by atoms with Gasteiger partial charge in [-0.05, 0) is 138 Å². The van der Waals surface area contributed by atoms with Crippen LogP contribution in [0.15, 0.2) is 206 Å². The predicted molar refractivity (Wildman–Crippen MR) is 274 cm³/mol. The van der Waals surface area contributed by atoms with Crippen LogP contribution < -0.4 is 4.90 Å². The van der Waals surface area contributed by atoms with Crippen LogP contribution in [0.3, 0.4) is 0 Å². The molecule has 65 heavy (non-hydrogen) atoms. The fourth-order valence-corrected chi connectivity index (χ4v) is 12.0. The lowest BCUT2D eigenvalue weighted by molar-refractivity contribution is 0.590. The molecule has 0 fully saturated rings. The van der Waals surface area contributed by atoms with E-state index in [0.29, 0.717) is 0 Å². The van der Waals surface area contributed by atoms with Crippen LogP contribution in [0.5, 0.6) is 0 Å². The molecule has 0 bridgehead atoms. The average Bonchev–Trinajstić information content (AvgIpc) is 3.95. The number of benzene rings is 9. The zero-order valence-corrected chi connectivity index (χ0v) is 38.0. The minimum Gasteiger partial charge on any atom is -0.310 e. The van der Waals surface area contributed by atoms with Gasteiger partial charge in [-0.25, -0.2) is 0 Å². The Morgan fingerprint density at radius 2 is 0.908 bits per heavy atom. The summed E-state index contributed by atoms with van der Waals surface area (Å²) in [4.78, 5) is 2.50. The van der Waals surface area contributed by atoms with Crippen LogP contribution >= 0.6 is 0 Å². The zero-order chi connectivity index (χ0) is 44.1. The SMILES string of the molecule is CC(C)(C)c1ccc(-c2ccccc2N(c2ccc(-c3ccccc3-c3cccc4c3C(C)(C)c3ccccc3-4)cc2)c2ccc3c(c2)C2(CCc4ccccc42)c2ccccc2-3)cc1. The second kappa shape index (κ2) is 14.7. The molecule has 0 aromatic heterocycles. The van der Waals surface area contributed by atoms with Gasteiger partial charge in [-0.15, -0.1) is 0 Å². The fraction of sp³-hybridized carbons (Fsp3) is 0.156. The van der Waals surface area contributed by atoms with E-state index in [1.807, 2.05) is 0 Å². The van der Waals surface area contributed by atoms with Crippen molar-refractivity contribution in [3.05, 3.63) is 245 Å². The maximum atomic E-state index is 2.52. The van der Waals surface area contributed by atoms with E-state index >= 15 is 0 Å². The van der Waals surface area contributed by atoms with Gasteiger partial charge in [0.1, 0.15) is 0 Å². The molecule has 0 aliphatic heterocycles. The molecule has 3 aliphatic carbocycles. The van der Waals surface area contributed by atoms with E-state index in [-0.39, 0.29) is 16.2 Å². The summed E-state index contributed by atoms with van der Waals surface area (Å²) in [7, 11) is 0. The highest BCUT2D eigenvalue weighted by Gasteiger charge is 2.48. The van der Waals surface area contributed by atoms with Gasteiger partial charge in [0.2, 0.25) is 0 Å². The number of para-hydroxylation sites is 1. The average molecular weight is 836 g/mol. The summed E-state index contributed by atoms with van der Waals surface area (Å²) in [5, 5.41) is 0. The first kappa shape index (κ1) is 39.4. The second-order valence-electron chi connectivity index (χ2n) is 20.0. The number of fused-ring (bicyclic) bond motifs is 10. The van der Waals surface area contributed by atoms with E-state index < -0.39 is 0 Å². The quantitative estimate of drug-likeness (QED) is 0.161. The Labute approximate surface area is 384 Å². The summed E-state index contributed by atoms with van der Waals surface area (Å²) in [6.45, 7) is 11.6. The van der Waals surface area contributed by atoms with Crippen LogP contribution in [0.2, 0.25) is 0 Å². The summed E-state index contributed by atoms with van der Waals surface area (Å²) >= 11 is 0. The summed E-state index contributed by atoms with van der Waals surface area (Å²) in [5.74, 6) is 0. The standard InChI is InChI=1S/C64H53N/c1-62(2,3)45-33-29-43(30-34-45)49-19-11-15-28-60(49)65(47-37-38-53-51-21-10-14-27-58(51)64(59(53)41-47)40-39-44-17-6-12-25-56(44)64)46-35-31-42(32-36-46)48-18-7-8-20-50(48)54-23-16-24-55-52-22-9-13-26-57(52)63(4,5)61(54)55/h6-38,41H,39-40H2,1-5H3. The maximum absolute atomic E-state index is 2.52. The van der Waals surface area contributed by atoms with Crippen molar-refractivity contribution in [2.45, 2.75) is 63.7 Å². The van der Waals surface area contributed by atoms with Crippen LogP contribution in [-0.2, 0) is 22.7 Å². The van der Waals surface area contributed by atoms with Crippen LogP contribution in [0, 0.1) is 0 Å². The van der Waals surface area contributed by atoms with Crippen molar-refractivity contribution in [3.8, 4) is 55.6 Å². The first-order valence-electron chi connectivity index (χ1n) is 23.4. The van der Waals surface area contributed by atoms with E-state index in [0.717, 1.165) is 29.9 Å². The molecule has 1 nitrogen and oxygen atoms in total. The Morgan fingerprint density at radius 1 is 0.400 bits per heavy atom. The molecular weight excluding hydrogens is 783 g/mol. The van der Waals surface area contributed by atoms with Gasteiger partial charge in [-0.2, -0.15) is 0 Å². The van der Waals surface area contributed by atoms with E-state index in [1.54, 1.807) is 0 Å². The third-order valence-corrected chi connectivity index (χ3v) is 15.1. The van der Waals surface area contributed by atoms with E-state index in [4.69, 9.17) is 0 Å². The highest BCUT2D eigenvalue weighted by molar-refractivity contribution is 5.95. The third kappa shape index (κ3) is 5.98. The van der Waals surface area contributed by atoms with Crippen LogP contribution in [0.25, 0.3) is 55.6 Å². The normalized spacial score (nSPS) is 16.1. The molecule has 9 aromatic carbocycles. The predicted octanol–water partition coefficient (Wildman–Crippen LogP) is 17.0. The lowest BCUT2D eigenvalue weighted by Crippen LogP contribution is -2.24. The molecule has 9 aromatic rings. The number of aryl methyl sites for hydroxylation is 1. The Kier molecular flexibility index (Phi) is 8.88. The minimum absolute atomic E-state index is 0.0724. The van der Waals surface area contributed by atoms with Gasteiger partial charge in [0, 0.05) is 27.8 Å². The highest BCUT2D eigenvalue weighted by atomic mass is 15.1. The fourth-order valence-electron chi connectivity index (χ4n) is 12.0. The van der Waals surface area contributed by atoms with Crippen molar-refractivity contribution in [1.82, 2.24) is 0 Å². The topological polar surface area (TPSA) is 3.24 Å². The Balaban J connectivity index is 1.02. The first-order valence-corrected chi connectivity index (χ1v) is 23.4. The molecule has 3 aliphatic rings. The zero-order valence-electron chi connectivity index (χ0n) is 38.0. The van der Waals surface area contributed by atoms with Crippen LogP contribution in [-0.4, -0.2) is 0 Å². The van der Waals surface area contributed by atoms with Gasteiger partial charge >= 0.3 is 0 Å². The summed E-state index contributed by atoms with van der Waals surface area (Å²) in [5.41, 5.74) is 25.9. The smallest absolute Gasteiger partial charge is 0.0540 e. The number of anilines is 3. The molecule has 1 heteroatoms. The molecule has 1 spiro atoms. The Bertz CT molecular complexity index is 3320. The summed E-state index contributed by atoms with van der Waals surface area (Å²) in [6.07, 6.45) is 2.14. The van der Waals surface area contributed by atoms with Crippen molar-refractivity contribution in [2.24, 2.45) is 0 Å². The lowest BCUT2D eigenvalue weighted by atomic mass is 9.73. The molecule has 314 valence electrons.